The van der Waals surface area contributed by atoms with Crippen molar-refractivity contribution in [3.05, 3.63) is 65.2 Å². The molecule has 4 heteroatoms. The van der Waals surface area contributed by atoms with Crippen molar-refractivity contribution >= 4 is 17.5 Å². The average Bonchev–Trinajstić information content (AvgIpc) is 2.96. The second kappa shape index (κ2) is 7.73. The Bertz CT molecular complexity index is 813. The van der Waals surface area contributed by atoms with E-state index < -0.39 is 0 Å². The third-order valence-corrected chi connectivity index (χ3v) is 4.81. The van der Waals surface area contributed by atoms with Crippen molar-refractivity contribution in [2.24, 2.45) is 5.92 Å². The molecule has 1 heterocycles. The summed E-state index contributed by atoms with van der Waals surface area (Å²) in [7, 11) is 0. The highest BCUT2D eigenvalue weighted by Crippen LogP contribution is 2.33. The molecule has 136 valence electrons. The van der Waals surface area contributed by atoms with Gasteiger partial charge in [-0.2, -0.15) is 0 Å². The minimum absolute atomic E-state index is 0.0562. The Morgan fingerprint density at radius 3 is 2.62 bits per heavy atom. The number of benzene rings is 2. The molecular formula is C22H26N2O2. The molecule has 1 N–H and O–H groups in total. The number of para-hydroxylation sites is 1. The first-order valence-electron chi connectivity index (χ1n) is 9.27. The molecule has 0 fully saturated rings. The van der Waals surface area contributed by atoms with E-state index in [9.17, 15) is 9.59 Å². The normalized spacial score (nSPS) is 15.8. The number of amides is 2. The van der Waals surface area contributed by atoms with Gasteiger partial charge in [-0.05, 0) is 55.5 Å². The van der Waals surface area contributed by atoms with E-state index in [0.717, 1.165) is 18.5 Å². The largest absolute Gasteiger partial charge is 0.352 e. The van der Waals surface area contributed by atoms with Crippen LogP contribution in [0.4, 0.5) is 5.69 Å². The average molecular weight is 350 g/mol. The Balaban J connectivity index is 1.78. The van der Waals surface area contributed by atoms with Gasteiger partial charge in [-0.3, -0.25) is 9.59 Å². The monoisotopic (exact) mass is 350 g/mol. The van der Waals surface area contributed by atoms with E-state index in [0.29, 0.717) is 23.6 Å². The standard InChI is InChI=1S/C22H26N2O2/c1-15(2)11-12-23-21(25)18-8-6-9-19(14-18)22(26)24-16(3)13-17-7-4-5-10-20(17)24/h4-10,14-16H,11-13H2,1-3H3,(H,23,25). The van der Waals surface area contributed by atoms with Gasteiger partial charge in [0, 0.05) is 29.4 Å². The molecule has 1 aliphatic heterocycles. The molecule has 0 aliphatic carbocycles. The molecule has 2 aromatic carbocycles. The molecule has 0 saturated heterocycles. The van der Waals surface area contributed by atoms with Crippen LogP contribution < -0.4 is 10.2 Å². The fourth-order valence-electron chi connectivity index (χ4n) is 3.38. The lowest BCUT2D eigenvalue weighted by atomic mass is 10.1. The lowest BCUT2D eigenvalue weighted by Gasteiger charge is -2.23. The van der Waals surface area contributed by atoms with Gasteiger partial charge in [0.2, 0.25) is 0 Å². The Hall–Kier alpha value is -2.62. The molecule has 0 spiro atoms. The summed E-state index contributed by atoms with van der Waals surface area (Å²) in [5, 5.41) is 2.93. The summed E-state index contributed by atoms with van der Waals surface area (Å²) in [6.45, 7) is 6.95. The van der Waals surface area contributed by atoms with Gasteiger partial charge >= 0.3 is 0 Å². The van der Waals surface area contributed by atoms with Crippen LogP contribution >= 0.6 is 0 Å². The van der Waals surface area contributed by atoms with Crippen LogP contribution in [0.3, 0.4) is 0 Å². The van der Waals surface area contributed by atoms with Crippen LogP contribution in [0.5, 0.6) is 0 Å². The fraction of sp³-hybridized carbons (Fsp3) is 0.364. The molecule has 0 aromatic heterocycles. The van der Waals surface area contributed by atoms with E-state index in [2.05, 4.69) is 32.2 Å². The predicted octanol–water partition coefficient (Wildman–Crippen LogP) is 4.05. The molecule has 2 amide bonds. The van der Waals surface area contributed by atoms with Gasteiger partial charge in [0.05, 0.1) is 0 Å². The molecular weight excluding hydrogens is 324 g/mol. The maximum absolute atomic E-state index is 13.1. The van der Waals surface area contributed by atoms with E-state index in [1.165, 1.54) is 5.56 Å². The van der Waals surface area contributed by atoms with Crippen LogP contribution in [0.2, 0.25) is 0 Å². The van der Waals surface area contributed by atoms with Gasteiger partial charge in [-0.1, -0.05) is 38.1 Å². The van der Waals surface area contributed by atoms with E-state index in [1.807, 2.05) is 23.1 Å². The fourth-order valence-corrected chi connectivity index (χ4v) is 3.38. The first-order chi connectivity index (χ1) is 12.5. The van der Waals surface area contributed by atoms with Gasteiger partial charge in [-0.15, -0.1) is 0 Å². The summed E-state index contributed by atoms with van der Waals surface area (Å²) in [6, 6.07) is 15.1. The minimum Gasteiger partial charge on any atom is -0.352 e. The number of nitrogens with zero attached hydrogens (tertiary/aromatic N) is 1. The molecule has 0 bridgehead atoms. The lowest BCUT2D eigenvalue weighted by molar-refractivity contribution is 0.0952. The van der Waals surface area contributed by atoms with Crippen molar-refractivity contribution in [1.82, 2.24) is 5.32 Å². The lowest BCUT2D eigenvalue weighted by Crippen LogP contribution is -2.36. The van der Waals surface area contributed by atoms with Crippen molar-refractivity contribution in [2.75, 3.05) is 11.4 Å². The van der Waals surface area contributed by atoms with E-state index >= 15 is 0 Å². The number of anilines is 1. The van der Waals surface area contributed by atoms with E-state index in [4.69, 9.17) is 0 Å². The zero-order valence-corrected chi connectivity index (χ0v) is 15.7. The van der Waals surface area contributed by atoms with Crippen molar-refractivity contribution in [1.29, 1.82) is 0 Å². The highest BCUT2D eigenvalue weighted by molar-refractivity contribution is 6.09. The van der Waals surface area contributed by atoms with Crippen molar-refractivity contribution in [2.45, 2.75) is 39.7 Å². The maximum Gasteiger partial charge on any atom is 0.258 e. The first kappa shape index (κ1) is 18.2. The van der Waals surface area contributed by atoms with Crippen LogP contribution in [-0.2, 0) is 6.42 Å². The van der Waals surface area contributed by atoms with Gasteiger partial charge < -0.3 is 10.2 Å². The second-order valence-corrected chi connectivity index (χ2v) is 7.38. The van der Waals surface area contributed by atoms with Gasteiger partial charge in [-0.25, -0.2) is 0 Å². The highest BCUT2D eigenvalue weighted by Gasteiger charge is 2.31. The van der Waals surface area contributed by atoms with Crippen LogP contribution in [0, 0.1) is 5.92 Å². The number of carbonyl (C=O) groups excluding carboxylic acids is 2. The summed E-state index contributed by atoms with van der Waals surface area (Å²) >= 11 is 0. The summed E-state index contributed by atoms with van der Waals surface area (Å²) in [4.78, 5) is 27.3. The molecule has 3 rings (SSSR count). The summed E-state index contributed by atoms with van der Waals surface area (Å²) in [5.41, 5.74) is 3.23. The Morgan fingerprint density at radius 2 is 1.85 bits per heavy atom. The molecule has 1 aliphatic rings. The SMILES string of the molecule is CC(C)CCNC(=O)c1cccc(C(=O)N2c3ccccc3CC2C)c1. The van der Waals surface area contributed by atoms with Crippen LogP contribution in [0.15, 0.2) is 48.5 Å². The minimum atomic E-state index is -0.129. The van der Waals surface area contributed by atoms with Crippen LogP contribution in [0.1, 0.15) is 53.5 Å². The Morgan fingerprint density at radius 1 is 1.12 bits per heavy atom. The molecule has 1 unspecified atom stereocenters. The third kappa shape index (κ3) is 3.79. The number of rotatable bonds is 5. The topological polar surface area (TPSA) is 49.4 Å². The van der Waals surface area contributed by atoms with E-state index in [-0.39, 0.29) is 17.9 Å². The molecule has 2 aromatic rings. The highest BCUT2D eigenvalue weighted by atomic mass is 16.2. The summed E-state index contributed by atoms with van der Waals surface area (Å²) < 4.78 is 0. The number of hydrogen-bond donors (Lipinski definition) is 1. The zero-order chi connectivity index (χ0) is 18.7. The molecule has 26 heavy (non-hydrogen) atoms. The van der Waals surface area contributed by atoms with Crippen molar-refractivity contribution in [3.63, 3.8) is 0 Å². The first-order valence-corrected chi connectivity index (χ1v) is 9.27. The molecule has 4 nitrogen and oxygen atoms in total. The van der Waals surface area contributed by atoms with Crippen LogP contribution in [0.25, 0.3) is 0 Å². The van der Waals surface area contributed by atoms with Crippen molar-refractivity contribution < 1.29 is 9.59 Å². The molecule has 0 radical (unpaired) electrons. The number of carbonyl (C=O) groups is 2. The molecule has 0 saturated carbocycles. The van der Waals surface area contributed by atoms with Gasteiger partial charge in [0.15, 0.2) is 0 Å². The smallest absolute Gasteiger partial charge is 0.258 e. The zero-order valence-electron chi connectivity index (χ0n) is 15.7. The van der Waals surface area contributed by atoms with Gasteiger partial charge in [0.1, 0.15) is 0 Å². The van der Waals surface area contributed by atoms with Gasteiger partial charge in [0.25, 0.3) is 11.8 Å². The maximum atomic E-state index is 13.1. The predicted molar refractivity (Wildman–Crippen MR) is 105 cm³/mol. The van der Waals surface area contributed by atoms with Crippen LogP contribution in [-0.4, -0.2) is 24.4 Å². The number of fused-ring (bicyclic) bond motifs is 1. The summed E-state index contributed by atoms with van der Waals surface area (Å²) in [6.07, 6.45) is 1.80. The molecule has 1 atom stereocenters. The number of nitrogens with one attached hydrogen (secondary N) is 1. The number of hydrogen-bond acceptors (Lipinski definition) is 2. The van der Waals surface area contributed by atoms with E-state index in [1.54, 1.807) is 24.3 Å². The Kier molecular flexibility index (Phi) is 5.40. The summed E-state index contributed by atoms with van der Waals surface area (Å²) in [5.74, 6) is 0.356. The van der Waals surface area contributed by atoms with Crippen molar-refractivity contribution in [3.8, 4) is 0 Å². The second-order valence-electron chi connectivity index (χ2n) is 7.38. The quantitative estimate of drug-likeness (QED) is 0.884. The third-order valence-electron chi connectivity index (χ3n) is 4.81. The Labute approximate surface area is 155 Å².